The van der Waals surface area contributed by atoms with Crippen molar-refractivity contribution in [3.63, 3.8) is 0 Å². The highest BCUT2D eigenvalue weighted by Crippen LogP contribution is 2.42. The van der Waals surface area contributed by atoms with Gasteiger partial charge in [-0.05, 0) is 91.6 Å². The largest absolute Gasteiger partial charge is 0.464 e. The lowest BCUT2D eigenvalue weighted by atomic mass is 9.84. The molecule has 16 heteroatoms. The fourth-order valence-corrected chi connectivity index (χ4v) is 8.93. The summed E-state index contributed by atoms with van der Waals surface area (Å²) < 4.78 is 20.4. The molecule has 0 saturated carbocycles. The molecule has 2 saturated heterocycles. The van der Waals surface area contributed by atoms with E-state index in [1.165, 1.54) is 11.1 Å². The van der Waals surface area contributed by atoms with Crippen molar-refractivity contribution < 1.29 is 33.4 Å². The van der Waals surface area contributed by atoms with Gasteiger partial charge in [0.15, 0.2) is 0 Å². The summed E-state index contributed by atoms with van der Waals surface area (Å²) in [5.74, 6) is -1.84. The Bertz CT molecular complexity index is 2330. The van der Waals surface area contributed by atoms with Crippen molar-refractivity contribution in [2.75, 3.05) is 40.0 Å². The van der Waals surface area contributed by atoms with Gasteiger partial charge in [0, 0.05) is 67.8 Å². The number of rotatable bonds is 11. The van der Waals surface area contributed by atoms with E-state index in [1.807, 2.05) is 39.0 Å². The number of ether oxygens (including phenoxy) is 3. The number of nitrogens with zero attached hydrogens (tertiary/aromatic N) is 4. The quantitative estimate of drug-likeness (QED) is 0.116. The van der Waals surface area contributed by atoms with Gasteiger partial charge in [0.05, 0.1) is 42.7 Å². The summed E-state index contributed by atoms with van der Waals surface area (Å²) in [6.45, 7) is 18.1. The SMILES string of the molecule is C.C=CC(=O)N1CC(OCC(C(=O)N[C@H]2Cc3cccc(c3)-c3ccc4c(c3)c(c(-c3cccnc3[C@H](C)OC)n4CC)CC(C)(C)COC(=O)[C@@H]3CCCN(N3)C2=O)C(C)C)C1.S.S.S. The standard InChI is InChI=1S/C49H62N6O7.CH4.3H2S/c1-9-43(56)53-26-35(27-53)61-28-39(30(3)4)46(57)51-41-23-32-14-11-15-33(22-32)34-18-19-42-37(24-34)38(45(54(42)10-2)36-16-12-20-50-44(36)31(5)60-8)25-49(6,7)29-62-48(59)40-17-13-21-55(52-40)47(41)58;;;;/h9,11-12,14-16,18-20,22,24,30-31,35,39-41,52H,1,10,13,17,21,23,25-29H2,2-8H3,(H,51,57);1H4;3*1H2/t31-,39?,40-,41-;;;;/m0..../s1. The van der Waals surface area contributed by atoms with Crippen molar-refractivity contribution in [2.45, 2.75) is 105 Å². The fraction of sp³-hybridized carbons (Fsp3) is 0.500. The molecule has 3 amide bonds. The highest BCUT2D eigenvalue weighted by Gasteiger charge is 2.37. The number of amides is 3. The van der Waals surface area contributed by atoms with Crippen molar-refractivity contribution in [1.82, 2.24) is 30.2 Å². The lowest BCUT2D eigenvalue weighted by Gasteiger charge is -2.39. The van der Waals surface area contributed by atoms with Crippen LogP contribution in [0, 0.1) is 17.3 Å². The first-order chi connectivity index (χ1) is 29.7. The van der Waals surface area contributed by atoms with Gasteiger partial charge in [0.25, 0.3) is 5.91 Å². The lowest BCUT2D eigenvalue weighted by molar-refractivity contribution is -0.155. The van der Waals surface area contributed by atoms with Crippen LogP contribution in [0.5, 0.6) is 0 Å². The van der Waals surface area contributed by atoms with E-state index >= 15 is 0 Å². The first-order valence-corrected chi connectivity index (χ1v) is 22.0. The van der Waals surface area contributed by atoms with Crippen LogP contribution in [0.1, 0.15) is 84.7 Å². The average molecular weight is 965 g/mol. The molecule has 3 aliphatic heterocycles. The molecule has 4 atom stereocenters. The van der Waals surface area contributed by atoms with Crippen LogP contribution in [0.3, 0.4) is 0 Å². The second kappa shape index (κ2) is 24.1. The van der Waals surface area contributed by atoms with E-state index in [0.717, 1.165) is 56.7 Å². The third-order valence-electron chi connectivity index (χ3n) is 12.6. The van der Waals surface area contributed by atoms with Crippen molar-refractivity contribution in [1.29, 1.82) is 0 Å². The molecule has 0 radical (unpaired) electrons. The summed E-state index contributed by atoms with van der Waals surface area (Å²) in [7, 11) is 1.70. The van der Waals surface area contributed by atoms with E-state index in [0.29, 0.717) is 38.9 Å². The molecular weight excluding hydrogens is 893 g/mol. The second-order valence-electron chi connectivity index (χ2n) is 18.1. The normalized spacial score (nSPS) is 19.3. The zero-order valence-corrected chi connectivity index (χ0v) is 41.7. The van der Waals surface area contributed by atoms with Gasteiger partial charge < -0.3 is 29.0 Å². The maximum Gasteiger partial charge on any atom is 0.324 e. The Kier molecular flexibility index (Phi) is 20.5. The van der Waals surface area contributed by atoms with Crippen LogP contribution in [0.2, 0.25) is 0 Å². The lowest BCUT2D eigenvalue weighted by Crippen LogP contribution is -2.61. The molecule has 2 aromatic heterocycles. The van der Waals surface area contributed by atoms with Crippen LogP contribution in [0.4, 0.5) is 0 Å². The topological polar surface area (TPSA) is 144 Å². The summed E-state index contributed by atoms with van der Waals surface area (Å²) in [5, 5.41) is 5.68. The number of aromatic nitrogens is 2. The van der Waals surface area contributed by atoms with Crippen molar-refractivity contribution in [3.05, 3.63) is 90.3 Å². The summed E-state index contributed by atoms with van der Waals surface area (Å²) >= 11 is 0. The Hall–Kier alpha value is -4.32. The number of methoxy groups -OCH3 is 1. The molecule has 2 fully saturated rings. The summed E-state index contributed by atoms with van der Waals surface area (Å²) in [6.07, 6.45) is 4.59. The molecule has 2 N–H and O–H groups in total. The van der Waals surface area contributed by atoms with Gasteiger partial charge in [-0.25, -0.2) is 5.43 Å². The van der Waals surface area contributed by atoms with Crippen molar-refractivity contribution in [2.24, 2.45) is 17.3 Å². The molecule has 0 spiro atoms. The third-order valence-corrected chi connectivity index (χ3v) is 12.6. The van der Waals surface area contributed by atoms with E-state index < -0.39 is 29.4 Å². The van der Waals surface area contributed by atoms with Gasteiger partial charge in [-0.15, -0.1) is 0 Å². The minimum absolute atomic E-state index is 0. The zero-order valence-electron chi connectivity index (χ0n) is 38.7. The van der Waals surface area contributed by atoms with E-state index in [4.69, 9.17) is 19.2 Å². The molecule has 1 unspecified atom stereocenters. The highest BCUT2D eigenvalue weighted by molar-refractivity contribution is 7.59. The molecule has 7 rings (SSSR count). The number of esters is 1. The number of carbonyl (C=O) groups is 4. The molecule has 0 aliphatic carbocycles. The monoisotopic (exact) mass is 964 g/mol. The number of carbonyl (C=O) groups excluding carboxylic acids is 4. The number of aryl methyl sites for hydroxylation is 1. The molecule has 5 heterocycles. The van der Waals surface area contributed by atoms with E-state index in [-0.39, 0.29) is 103 Å². The molecule has 4 aromatic rings. The number of nitrogens with one attached hydrogen (secondary N) is 2. The Balaban J connectivity index is 0.00000289. The van der Waals surface area contributed by atoms with Gasteiger partial charge in [0.2, 0.25) is 11.8 Å². The van der Waals surface area contributed by atoms with Crippen LogP contribution < -0.4 is 10.7 Å². The molecule has 66 heavy (non-hydrogen) atoms. The minimum atomic E-state index is -0.943. The van der Waals surface area contributed by atoms with E-state index in [9.17, 15) is 19.2 Å². The van der Waals surface area contributed by atoms with Gasteiger partial charge in [-0.1, -0.05) is 72.0 Å². The summed E-state index contributed by atoms with van der Waals surface area (Å²) in [6, 6.07) is 17.1. The van der Waals surface area contributed by atoms with Crippen LogP contribution in [0.25, 0.3) is 33.3 Å². The summed E-state index contributed by atoms with van der Waals surface area (Å²) in [4.78, 5) is 61.0. The van der Waals surface area contributed by atoms with Crippen LogP contribution in [-0.2, 0) is 52.8 Å². The van der Waals surface area contributed by atoms with Gasteiger partial charge in [0.1, 0.15) is 12.1 Å². The first kappa shape index (κ1) is 56.0. The number of pyridine rings is 1. The molecule has 13 nitrogen and oxygen atoms in total. The van der Waals surface area contributed by atoms with Gasteiger partial charge >= 0.3 is 5.97 Å². The maximum atomic E-state index is 14.5. The van der Waals surface area contributed by atoms with Crippen molar-refractivity contribution in [3.8, 4) is 22.4 Å². The summed E-state index contributed by atoms with van der Waals surface area (Å²) in [5.41, 5.74) is 10.7. The Morgan fingerprint density at radius 1 is 1.05 bits per heavy atom. The van der Waals surface area contributed by atoms with E-state index in [1.54, 1.807) is 18.2 Å². The number of cyclic esters (lactones) is 1. The van der Waals surface area contributed by atoms with Crippen LogP contribution in [-0.4, -0.2) is 101 Å². The number of likely N-dealkylation sites (tertiary alicyclic amines) is 1. The first-order valence-electron chi connectivity index (χ1n) is 22.0. The number of fused-ring (bicyclic) bond motifs is 6. The Morgan fingerprint density at radius 2 is 1.77 bits per heavy atom. The Labute approximate surface area is 412 Å². The maximum absolute atomic E-state index is 14.5. The molecule has 3 aliphatic rings. The predicted octanol–water partition coefficient (Wildman–Crippen LogP) is 7.41. The average Bonchev–Trinajstić information content (AvgIpc) is 3.56. The molecule has 2 aromatic carbocycles. The number of hydrazine groups is 1. The van der Waals surface area contributed by atoms with Crippen LogP contribution >= 0.6 is 40.5 Å². The third kappa shape index (κ3) is 12.2. The number of benzene rings is 2. The Morgan fingerprint density at radius 3 is 2.45 bits per heavy atom. The number of hydrogen-bond acceptors (Lipinski definition) is 9. The van der Waals surface area contributed by atoms with Crippen LogP contribution in [0.15, 0.2) is 73.4 Å². The second-order valence-corrected chi connectivity index (χ2v) is 18.1. The van der Waals surface area contributed by atoms with Gasteiger partial charge in [-0.3, -0.25) is 29.2 Å². The number of hydrogen-bond donors (Lipinski definition) is 2. The molecular formula is C50H72N6O7S3. The fourth-order valence-electron chi connectivity index (χ4n) is 8.93. The predicted molar refractivity (Wildman–Crippen MR) is 276 cm³/mol. The smallest absolute Gasteiger partial charge is 0.324 e. The highest BCUT2D eigenvalue weighted by atomic mass is 32.1. The van der Waals surface area contributed by atoms with E-state index in [2.05, 4.69) is 79.1 Å². The van der Waals surface area contributed by atoms with Crippen molar-refractivity contribution >= 4 is 75.1 Å². The zero-order chi connectivity index (χ0) is 44.3. The van der Waals surface area contributed by atoms with Gasteiger partial charge in [-0.2, -0.15) is 40.5 Å². The minimum Gasteiger partial charge on any atom is -0.464 e. The molecule has 362 valence electrons. The molecule has 6 bridgehead atoms.